The molecule has 1 aliphatic carbocycles. The van der Waals surface area contributed by atoms with Crippen LogP contribution < -0.4 is 11.1 Å². The first-order valence-corrected chi connectivity index (χ1v) is 6.36. The van der Waals surface area contributed by atoms with E-state index in [1.165, 1.54) is 0 Å². The molecule has 1 fully saturated rings. The Morgan fingerprint density at radius 1 is 1.47 bits per heavy atom. The number of methoxy groups -OCH3 is 1. The van der Waals surface area contributed by atoms with E-state index in [0.717, 1.165) is 32.1 Å². The zero-order valence-corrected chi connectivity index (χ0v) is 10.5. The lowest BCUT2D eigenvalue weighted by atomic mass is 9.93. The number of aliphatic hydroxyl groups excluding tert-OH is 1. The summed E-state index contributed by atoms with van der Waals surface area (Å²) < 4.78 is 4.92. The SMILES string of the molecule is COCCCC(N)C(=O)NC1CCC(O)CC1. The Kier molecular flexibility index (Phi) is 6.47. The van der Waals surface area contributed by atoms with Gasteiger partial charge in [0, 0.05) is 19.8 Å². The molecule has 100 valence electrons. The summed E-state index contributed by atoms with van der Waals surface area (Å²) in [5.74, 6) is -0.0810. The monoisotopic (exact) mass is 244 g/mol. The molecule has 5 heteroatoms. The number of carbonyl (C=O) groups excluding carboxylic acids is 1. The zero-order chi connectivity index (χ0) is 12.7. The van der Waals surface area contributed by atoms with E-state index < -0.39 is 6.04 Å². The van der Waals surface area contributed by atoms with Crippen LogP contribution >= 0.6 is 0 Å². The number of amides is 1. The van der Waals surface area contributed by atoms with Crippen molar-refractivity contribution in [3.63, 3.8) is 0 Å². The number of aliphatic hydroxyl groups is 1. The lowest BCUT2D eigenvalue weighted by Crippen LogP contribution is -2.46. The summed E-state index contributed by atoms with van der Waals surface area (Å²) in [4.78, 5) is 11.7. The van der Waals surface area contributed by atoms with Crippen LogP contribution in [-0.2, 0) is 9.53 Å². The molecule has 0 aromatic carbocycles. The van der Waals surface area contributed by atoms with Crippen molar-refractivity contribution >= 4 is 5.91 Å². The molecule has 4 N–H and O–H groups in total. The van der Waals surface area contributed by atoms with Gasteiger partial charge in [0.1, 0.15) is 0 Å². The Hall–Kier alpha value is -0.650. The number of nitrogens with two attached hydrogens (primary N) is 1. The largest absolute Gasteiger partial charge is 0.393 e. The molecule has 17 heavy (non-hydrogen) atoms. The maximum atomic E-state index is 11.7. The first-order valence-electron chi connectivity index (χ1n) is 6.36. The maximum absolute atomic E-state index is 11.7. The summed E-state index contributed by atoms with van der Waals surface area (Å²) in [6.45, 7) is 0.636. The van der Waals surface area contributed by atoms with Crippen LogP contribution in [0.15, 0.2) is 0 Å². The summed E-state index contributed by atoms with van der Waals surface area (Å²) in [7, 11) is 1.64. The second kappa shape index (κ2) is 7.63. The summed E-state index contributed by atoms with van der Waals surface area (Å²) in [6, 6.07) is -0.267. The third-order valence-electron chi connectivity index (χ3n) is 3.24. The molecule has 0 bridgehead atoms. The van der Waals surface area contributed by atoms with Crippen LogP contribution in [0.5, 0.6) is 0 Å². The highest BCUT2D eigenvalue weighted by molar-refractivity contribution is 5.81. The predicted molar refractivity (Wildman–Crippen MR) is 65.5 cm³/mol. The maximum Gasteiger partial charge on any atom is 0.237 e. The van der Waals surface area contributed by atoms with E-state index in [1.807, 2.05) is 0 Å². The molecule has 0 radical (unpaired) electrons. The molecule has 0 aromatic heterocycles. The molecule has 1 atom stereocenters. The Morgan fingerprint density at radius 3 is 2.71 bits per heavy atom. The lowest BCUT2D eigenvalue weighted by Gasteiger charge is -2.27. The molecule has 1 amide bonds. The van der Waals surface area contributed by atoms with Crippen molar-refractivity contribution in [2.75, 3.05) is 13.7 Å². The van der Waals surface area contributed by atoms with Crippen molar-refractivity contribution in [3.05, 3.63) is 0 Å². The van der Waals surface area contributed by atoms with Gasteiger partial charge in [0.15, 0.2) is 0 Å². The fraction of sp³-hybridized carbons (Fsp3) is 0.917. The summed E-state index contributed by atoms with van der Waals surface area (Å²) in [6.07, 6.45) is 4.48. The van der Waals surface area contributed by atoms with Gasteiger partial charge < -0.3 is 20.9 Å². The average molecular weight is 244 g/mol. The van der Waals surface area contributed by atoms with Crippen LogP contribution in [0.4, 0.5) is 0 Å². The van der Waals surface area contributed by atoms with Crippen LogP contribution in [0.25, 0.3) is 0 Å². The number of ether oxygens (including phenoxy) is 1. The van der Waals surface area contributed by atoms with Crippen molar-refractivity contribution in [1.82, 2.24) is 5.32 Å². The average Bonchev–Trinajstić information content (AvgIpc) is 2.32. The minimum absolute atomic E-state index is 0.0810. The number of rotatable bonds is 6. The third-order valence-corrected chi connectivity index (χ3v) is 3.24. The minimum Gasteiger partial charge on any atom is -0.393 e. The van der Waals surface area contributed by atoms with Crippen LogP contribution in [0.2, 0.25) is 0 Å². The Labute approximate surface area is 103 Å². The van der Waals surface area contributed by atoms with Gasteiger partial charge >= 0.3 is 0 Å². The van der Waals surface area contributed by atoms with Gasteiger partial charge in [-0.15, -0.1) is 0 Å². The van der Waals surface area contributed by atoms with Crippen molar-refractivity contribution in [3.8, 4) is 0 Å². The Morgan fingerprint density at radius 2 is 2.12 bits per heavy atom. The molecule has 1 unspecified atom stereocenters. The van der Waals surface area contributed by atoms with Gasteiger partial charge in [0.05, 0.1) is 12.1 Å². The second-order valence-electron chi connectivity index (χ2n) is 4.76. The third kappa shape index (κ3) is 5.48. The topological polar surface area (TPSA) is 84.6 Å². The minimum atomic E-state index is -0.447. The van der Waals surface area contributed by atoms with Crippen molar-refractivity contribution in [2.24, 2.45) is 5.73 Å². The number of hydrogen-bond acceptors (Lipinski definition) is 4. The van der Waals surface area contributed by atoms with Gasteiger partial charge in [-0.25, -0.2) is 0 Å². The summed E-state index contributed by atoms with van der Waals surface area (Å²) in [5, 5.41) is 12.3. The van der Waals surface area contributed by atoms with E-state index in [9.17, 15) is 9.90 Å². The van der Waals surface area contributed by atoms with Gasteiger partial charge in [-0.05, 0) is 38.5 Å². The van der Waals surface area contributed by atoms with E-state index in [2.05, 4.69) is 5.32 Å². The normalized spacial score (nSPS) is 26.5. The van der Waals surface area contributed by atoms with Gasteiger partial charge in [-0.3, -0.25) is 4.79 Å². The highest BCUT2D eigenvalue weighted by Gasteiger charge is 2.22. The Bertz CT molecular complexity index is 228. The van der Waals surface area contributed by atoms with E-state index in [4.69, 9.17) is 10.5 Å². The molecule has 5 nitrogen and oxygen atoms in total. The van der Waals surface area contributed by atoms with Gasteiger partial charge in [-0.2, -0.15) is 0 Å². The number of nitrogens with one attached hydrogen (secondary N) is 1. The molecule has 1 saturated carbocycles. The molecule has 0 aliphatic heterocycles. The quantitative estimate of drug-likeness (QED) is 0.581. The molecular formula is C12H24N2O3. The van der Waals surface area contributed by atoms with Crippen LogP contribution in [0, 0.1) is 0 Å². The molecule has 1 rings (SSSR count). The van der Waals surface area contributed by atoms with E-state index in [1.54, 1.807) is 7.11 Å². The fourth-order valence-corrected chi connectivity index (χ4v) is 2.11. The standard InChI is InChI=1S/C12H24N2O3/c1-17-8-2-3-11(13)12(16)14-9-4-6-10(15)7-5-9/h9-11,15H,2-8,13H2,1H3,(H,14,16). The first kappa shape index (κ1) is 14.4. The molecular weight excluding hydrogens is 220 g/mol. The van der Waals surface area contributed by atoms with E-state index in [-0.39, 0.29) is 18.1 Å². The predicted octanol–water partition coefficient (Wildman–Crippen LogP) is 0.160. The molecule has 1 aliphatic rings. The van der Waals surface area contributed by atoms with Crippen LogP contribution in [0.1, 0.15) is 38.5 Å². The van der Waals surface area contributed by atoms with Gasteiger partial charge in [0.2, 0.25) is 5.91 Å². The van der Waals surface area contributed by atoms with Crippen molar-refractivity contribution in [2.45, 2.75) is 56.7 Å². The van der Waals surface area contributed by atoms with Crippen molar-refractivity contribution in [1.29, 1.82) is 0 Å². The first-order chi connectivity index (χ1) is 8.13. The zero-order valence-electron chi connectivity index (χ0n) is 10.5. The highest BCUT2D eigenvalue weighted by atomic mass is 16.5. The van der Waals surface area contributed by atoms with Crippen LogP contribution in [-0.4, -0.2) is 42.9 Å². The summed E-state index contributed by atoms with van der Waals surface area (Å²) >= 11 is 0. The van der Waals surface area contributed by atoms with Gasteiger partial charge in [0.25, 0.3) is 0 Å². The highest BCUT2D eigenvalue weighted by Crippen LogP contribution is 2.18. The lowest BCUT2D eigenvalue weighted by molar-refractivity contribution is -0.123. The Balaban J connectivity index is 2.19. The van der Waals surface area contributed by atoms with Crippen LogP contribution in [0.3, 0.4) is 0 Å². The molecule has 0 saturated heterocycles. The number of hydrogen-bond donors (Lipinski definition) is 3. The fourth-order valence-electron chi connectivity index (χ4n) is 2.11. The second-order valence-corrected chi connectivity index (χ2v) is 4.76. The molecule has 0 spiro atoms. The van der Waals surface area contributed by atoms with Gasteiger partial charge in [-0.1, -0.05) is 0 Å². The number of carbonyl (C=O) groups is 1. The van der Waals surface area contributed by atoms with Crippen molar-refractivity contribution < 1.29 is 14.6 Å². The van der Waals surface area contributed by atoms with E-state index >= 15 is 0 Å². The van der Waals surface area contributed by atoms with E-state index in [0.29, 0.717) is 13.0 Å². The molecule has 0 heterocycles. The summed E-state index contributed by atoms with van der Waals surface area (Å²) in [5.41, 5.74) is 5.79. The molecule has 0 aromatic rings. The smallest absolute Gasteiger partial charge is 0.237 e.